The van der Waals surface area contributed by atoms with E-state index in [1.807, 2.05) is 0 Å². The highest BCUT2D eigenvalue weighted by molar-refractivity contribution is 7.90. The number of aryl methyl sites for hydroxylation is 2. The summed E-state index contributed by atoms with van der Waals surface area (Å²) in [6.45, 7) is 0. The summed E-state index contributed by atoms with van der Waals surface area (Å²) in [5.41, 5.74) is 5.76. The number of nitrogens with zero attached hydrogens (tertiary/aromatic N) is 2. The van der Waals surface area contributed by atoms with Crippen LogP contribution in [-0.2, 0) is 35.7 Å². The number of anilines is 1. The van der Waals surface area contributed by atoms with Crippen LogP contribution in [0.3, 0.4) is 0 Å². The quantitative estimate of drug-likeness (QED) is 0.773. The molecule has 0 unspecified atom stereocenters. The average Bonchev–Trinajstić information content (AvgIpc) is 3.48. The number of fused-ring (bicyclic) bond motifs is 2. The van der Waals surface area contributed by atoms with Crippen LogP contribution in [-0.4, -0.2) is 24.2 Å². The predicted molar refractivity (Wildman–Crippen MR) is 114 cm³/mol. The molecule has 1 aromatic carbocycles. The molecule has 3 aliphatic rings. The van der Waals surface area contributed by atoms with E-state index in [2.05, 4.69) is 21.2 Å². The van der Waals surface area contributed by atoms with Crippen molar-refractivity contribution in [2.24, 2.45) is 0 Å². The molecule has 8 heteroatoms. The van der Waals surface area contributed by atoms with Crippen LogP contribution in [0.2, 0.25) is 0 Å². The van der Waals surface area contributed by atoms with E-state index in [1.165, 1.54) is 34.7 Å². The third kappa shape index (κ3) is 3.62. The van der Waals surface area contributed by atoms with Crippen LogP contribution in [0.4, 0.5) is 10.5 Å². The molecular formula is C22H28N4O3S. The number of urea groups is 1. The van der Waals surface area contributed by atoms with Crippen LogP contribution < -0.4 is 10.0 Å². The van der Waals surface area contributed by atoms with E-state index in [0.717, 1.165) is 69.9 Å². The number of amides is 2. The minimum atomic E-state index is -4.02. The molecule has 2 amide bonds. The largest absolute Gasteiger partial charge is 0.333 e. The highest BCUT2D eigenvalue weighted by atomic mass is 32.2. The van der Waals surface area contributed by atoms with Gasteiger partial charge in [-0.1, -0.05) is 25.3 Å². The molecule has 1 saturated carbocycles. The first-order chi connectivity index (χ1) is 14.5. The van der Waals surface area contributed by atoms with Gasteiger partial charge >= 0.3 is 6.03 Å². The van der Waals surface area contributed by atoms with E-state index in [9.17, 15) is 13.2 Å². The topological polar surface area (TPSA) is 93.1 Å². The number of hydrogen-bond donors (Lipinski definition) is 2. The molecule has 0 spiro atoms. The lowest BCUT2D eigenvalue weighted by molar-refractivity contribution is 0.256. The summed E-state index contributed by atoms with van der Waals surface area (Å²) in [5.74, 6) is 0. The van der Waals surface area contributed by atoms with E-state index in [-0.39, 0.29) is 11.1 Å². The van der Waals surface area contributed by atoms with Crippen molar-refractivity contribution in [3.63, 3.8) is 0 Å². The van der Waals surface area contributed by atoms with E-state index in [1.54, 1.807) is 10.9 Å². The van der Waals surface area contributed by atoms with Gasteiger partial charge in [-0.05, 0) is 79.7 Å². The van der Waals surface area contributed by atoms with Gasteiger partial charge in [0.15, 0.2) is 5.03 Å². The zero-order valence-electron chi connectivity index (χ0n) is 17.1. The molecule has 0 atom stereocenters. The Balaban J connectivity index is 1.33. The van der Waals surface area contributed by atoms with Gasteiger partial charge in [0.25, 0.3) is 10.0 Å². The molecule has 2 aromatic rings. The van der Waals surface area contributed by atoms with Gasteiger partial charge in [0.2, 0.25) is 0 Å². The molecule has 2 N–H and O–H groups in total. The number of sulfonamides is 1. The standard InChI is InChI=1S/C22H28N4O3S/c27-22(23-21-18-10-4-6-15(18)14-16-7-5-11-19(16)21)25-30(28,29)20-12-13-26(24-20)17-8-2-1-3-9-17/h12-14,17H,1-11H2,(H2,23,25,27). The molecule has 7 nitrogen and oxygen atoms in total. The Morgan fingerprint density at radius 3 is 2.30 bits per heavy atom. The second-order valence-corrected chi connectivity index (χ2v) is 10.3. The number of aromatic nitrogens is 2. The fourth-order valence-corrected chi connectivity index (χ4v) is 6.13. The maximum absolute atomic E-state index is 12.7. The van der Waals surface area contributed by atoms with Crippen LogP contribution in [0.5, 0.6) is 0 Å². The third-order valence-electron chi connectivity index (χ3n) is 6.75. The van der Waals surface area contributed by atoms with Crippen molar-refractivity contribution >= 4 is 21.7 Å². The van der Waals surface area contributed by atoms with Crippen LogP contribution in [0.1, 0.15) is 73.2 Å². The molecule has 1 fully saturated rings. The highest BCUT2D eigenvalue weighted by Crippen LogP contribution is 2.38. The Kier molecular flexibility index (Phi) is 5.05. The van der Waals surface area contributed by atoms with Crippen LogP contribution >= 0.6 is 0 Å². The molecule has 0 radical (unpaired) electrons. The first-order valence-electron chi connectivity index (χ1n) is 11.1. The summed E-state index contributed by atoms with van der Waals surface area (Å²) in [5, 5.41) is 7.04. The second kappa shape index (κ2) is 7.72. The lowest BCUT2D eigenvalue weighted by atomic mass is 9.96. The molecule has 0 bridgehead atoms. The summed E-state index contributed by atoms with van der Waals surface area (Å²) in [6.07, 6.45) is 13.3. The van der Waals surface area contributed by atoms with Crippen LogP contribution in [0.25, 0.3) is 0 Å². The predicted octanol–water partition coefficient (Wildman–Crippen LogP) is 3.88. The monoisotopic (exact) mass is 428 g/mol. The first kappa shape index (κ1) is 19.6. The number of nitrogens with one attached hydrogen (secondary N) is 2. The Morgan fingerprint density at radius 2 is 1.63 bits per heavy atom. The van der Waals surface area contributed by atoms with Crippen LogP contribution in [0, 0.1) is 0 Å². The van der Waals surface area contributed by atoms with Crippen molar-refractivity contribution in [2.45, 2.75) is 81.7 Å². The van der Waals surface area contributed by atoms with Gasteiger partial charge in [-0.25, -0.2) is 9.52 Å². The first-order valence-corrected chi connectivity index (χ1v) is 12.5. The summed E-state index contributed by atoms with van der Waals surface area (Å²) in [6, 6.07) is 3.28. The fraction of sp³-hybridized carbons (Fsp3) is 0.545. The summed E-state index contributed by atoms with van der Waals surface area (Å²) in [7, 11) is -4.02. The van der Waals surface area contributed by atoms with Crippen molar-refractivity contribution in [1.29, 1.82) is 0 Å². The van der Waals surface area contributed by atoms with Crippen molar-refractivity contribution in [1.82, 2.24) is 14.5 Å². The van der Waals surface area contributed by atoms with Gasteiger partial charge in [-0.15, -0.1) is 0 Å². The second-order valence-electron chi connectivity index (χ2n) is 8.72. The van der Waals surface area contributed by atoms with Gasteiger partial charge in [0.05, 0.1) is 6.04 Å². The summed E-state index contributed by atoms with van der Waals surface area (Å²) in [4.78, 5) is 12.7. The third-order valence-corrected chi connectivity index (χ3v) is 7.97. The van der Waals surface area contributed by atoms with Crippen molar-refractivity contribution in [3.8, 4) is 0 Å². The van der Waals surface area contributed by atoms with Crippen molar-refractivity contribution in [3.05, 3.63) is 40.6 Å². The molecular weight excluding hydrogens is 400 g/mol. The Labute approximate surface area is 177 Å². The maximum atomic E-state index is 12.7. The van der Waals surface area contributed by atoms with Gasteiger partial charge in [-0.2, -0.15) is 13.5 Å². The van der Waals surface area contributed by atoms with E-state index in [0.29, 0.717) is 0 Å². The SMILES string of the molecule is O=C(Nc1c2c(cc3c1CCC3)CCC2)NS(=O)(=O)c1ccn(C2CCCCC2)n1. The minimum absolute atomic E-state index is 0.105. The van der Waals surface area contributed by atoms with Gasteiger partial charge < -0.3 is 5.32 Å². The van der Waals surface area contributed by atoms with E-state index >= 15 is 0 Å². The molecule has 160 valence electrons. The van der Waals surface area contributed by atoms with Crippen molar-refractivity contribution in [2.75, 3.05) is 5.32 Å². The summed E-state index contributed by atoms with van der Waals surface area (Å²) < 4.78 is 29.4. The Hall–Kier alpha value is -2.35. The fourth-order valence-electron chi connectivity index (χ4n) is 5.29. The average molecular weight is 429 g/mol. The Bertz CT molecular complexity index is 1050. The van der Waals surface area contributed by atoms with Crippen LogP contribution in [0.15, 0.2) is 23.4 Å². The lowest BCUT2D eigenvalue weighted by Gasteiger charge is -2.21. The zero-order chi connectivity index (χ0) is 20.7. The number of carbonyl (C=O) groups is 1. The number of carbonyl (C=O) groups excluding carboxylic acids is 1. The smallest absolute Gasteiger partial charge is 0.307 e. The molecule has 30 heavy (non-hydrogen) atoms. The number of rotatable bonds is 4. The zero-order valence-corrected chi connectivity index (χ0v) is 17.9. The number of hydrogen-bond acceptors (Lipinski definition) is 4. The van der Waals surface area contributed by atoms with Gasteiger partial charge in [-0.3, -0.25) is 4.68 Å². The normalized spacial score (nSPS) is 18.8. The van der Waals surface area contributed by atoms with E-state index in [4.69, 9.17) is 0 Å². The molecule has 0 aliphatic heterocycles. The van der Waals surface area contributed by atoms with Crippen molar-refractivity contribution < 1.29 is 13.2 Å². The minimum Gasteiger partial charge on any atom is -0.307 e. The summed E-state index contributed by atoms with van der Waals surface area (Å²) >= 11 is 0. The molecule has 1 heterocycles. The Morgan fingerprint density at radius 1 is 0.967 bits per heavy atom. The number of benzene rings is 1. The lowest BCUT2D eigenvalue weighted by Crippen LogP contribution is -2.35. The molecule has 1 aromatic heterocycles. The molecule has 5 rings (SSSR count). The van der Waals surface area contributed by atoms with Gasteiger partial charge in [0, 0.05) is 11.9 Å². The van der Waals surface area contributed by atoms with E-state index < -0.39 is 16.1 Å². The highest BCUT2D eigenvalue weighted by Gasteiger charge is 2.27. The van der Waals surface area contributed by atoms with Gasteiger partial charge in [0.1, 0.15) is 0 Å². The molecule has 3 aliphatic carbocycles. The molecule has 0 saturated heterocycles. The maximum Gasteiger partial charge on any atom is 0.333 e.